The molecule has 1 atom stereocenters. The van der Waals surface area contributed by atoms with Crippen LogP contribution in [0.15, 0.2) is 48.5 Å². The maximum absolute atomic E-state index is 12.7. The van der Waals surface area contributed by atoms with Crippen LogP contribution < -0.4 is 14.8 Å². The number of rotatable bonds is 5. The van der Waals surface area contributed by atoms with Crippen LogP contribution in [0.2, 0.25) is 0 Å². The monoisotopic (exact) mass is 450 g/mol. The molecule has 0 saturated carbocycles. The average molecular weight is 450 g/mol. The van der Waals surface area contributed by atoms with Crippen LogP contribution in [-0.4, -0.2) is 57.8 Å². The first kappa shape index (κ1) is 23.2. The Bertz CT molecular complexity index is 911. The molecular weight excluding hydrogens is 423 g/mol. The quantitative estimate of drug-likeness (QED) is 0.509. The Hall–Kier alpha value is -2.42. The van der Waals surface area contributed by atoms with E-state index in [9.17, 15) is 4.79 Å². The standard InChI is InChI=1S/C21H24N2O3.H3O4P/c24-21(18-9-4-10-19-20(18)26-13-12-25-19)22-14-17-8-5-11-23(17)15-16-6-2-1-3-7-16;1-5(2,3)4/h1-4,6-7,9-10,17H,5,8,11-15H2,(H,22,24);(H3,1,2,3,4). The summed E-state index contributed by atoms with van der Waals surface area (Å²) in [6.07, 6.45) is 2.28. The fourth-order valence-electron chi connectivity index (χ4n) is 3.71. The van der Waals surface area contributed by atoms with E-state index < -0.39 is 7.82 Å². The van der Waals surface area contributed by atoms with Gasteiger partial charge in [0.15, 0.2) is 11.5 Å². The van der Waals surface area contributed by atoms with E-state index in [1.807, 2.05) is 18.2 Å². The molecule has 2 aromatic carbocycles. The number of carbonyl (C=O) groups is 1. The molecule has 1 fully saturated rings. The van der Waals surface area contributed by atoms with Gasteiger partial charge in [-0.1, -0.05) is 36.4 Å². The van der Waals surface area contributed by atoms with Gasteiger partial charge in [0.05, 0.1) is 5.56 Å². The summed E-state index contributed by atoms with van der Waals surface area (Å²) in [4.78, 5) is 36.7. The van der Waals surface area contributed by atoms with E-state index in [0.29, 0.717) is 42.9 Å². The summed E-state index contributed by atoms with van der Waals surface area (Å²) in [5.41, 5.74) is 1.86. The third kappa shape index (κ3) is 7.34. The van der Waals surface area contributed by atoms with Crippen LogP contribution in [-0.2, 0) is 11.1 Å². The summed E-state index contributed by atoms with van der Waals surface area (Å²) in [5.74, 6) is 1.11. The maximum Gasteiger partial charge on any atom is 0.466 e. The molecule has 4 N–H and O–H groups in total. The second-order valence-corrected chi connectivity index (χ2v) is 8.33. The zero-order chi connectivity index (χ0) is 22.3. The molecule has 10 heteroatoms. The Morgan fingerprint density at radius 2 is 1.77 bits per heavy atom. The van der Waals surface area contributed by atoms with E-state index in [1.54, 1.807) is 6.07 Å². The number of likely N-dealkylation sites (tertiary alicyclic amines) is 1. The molecule has 2 heterocycles. The van der Waals surface area contributed by atoms with Gasteiger partial charge in [0.25, 0.3) is 5.91 Å². The Morgan fingerprint density at radius 3 is 2.52 bits per heavy atom. The van der Waals surface area contributed by atoms with Gasteiger partial charge in [0.2, 0.25) is 0 Å². The molecule has 9 nitrogen and oxygen atoms in total. The fraction of sp³-hybridized carbons (Fsp3) is 0.381. The highest BCUT2D eigenvalue weighted by atomic mass is 31.2. The molecule has 0 aliphatic carbocycles. The van der Waals surface area contributed by atoms with Gasteiger partial charge >= 0.3 is 7.82 Å². The minimum absolute atomic E-state index is 0.0982. The highest BCUT2D eigenvalue weighted by Gasteiger charge is 2.26. The van der Waals surface area contributed by atoms with Gasteiger partial charge in [-0.05, 0) is 37.1 Å². The van der Waals surface area contributed by atoms with Crippen molar-refractivity contribution in [2.24, 2.45) is 0 Å². The van der Waals surface area contributed by atoms with Crippen molar-refractivity contribution in [1.29, 1.82) is 0 Å². The number of benzene rings is 2. The molecule has 1 saturated heterocycles. The van der Waals surface area contributed by atoms with Crippen molar-refractivity contribution in [3.63, 3.8) is 0 Å². The number of carbonyl (C=O) groups excluding carboxylic acids is 1. The summed E-state index contributed by atoms with van der Waals surface area (Å²) in [7, 11) is -4.64. The first-order valence-electron chi connectivity index (χ1n) is 10.0. The Kier molecular flexibility index (Phi) is 8.06. The smallest absolute Gasteiger partial charge is 0.466 e. The summed E-state index contributed by atoms with van der Waals surface area (Å²) < 4.78 is 20.1. The first-order chi connectivity index (χ1) is 14.8. The number of para-hydroxylation sites is 1. The predicted octanol–water partition coefficient (Wildman–Crippen LogP) is 1.92. The largest absolute Gasteiger partial charge is 0.486 e. The Morgan fingerprint density at radius 1 is 1.06 bits per heavy atom. The lowest BCUT2D eigenvalue weighted by atomic mass is 10.1. The number of phosphoric acid groups is 1. The fourth-order valence-corrected chi connectivity index (χ4v) is 3.71. The predicted molar refractivity (Wildman–Crippen MR) is 114 cm³/mol. The minimum Gasteiger partial charge on any atom is -0.486 e. The summed E-state index contributed by atoms with van der Waals surface area (Å²) >= 11 is 0. The van der Waals surface area contributed by atoms with Crippen molar-refractivity contribution < 1.29 is 33.5 Å². The highest BCUT2D eigenvalue weighted by Crippen LogP contribution is 2.33. The van der Waals surface area contributed by atoms with Gasteiger partial charge in [-0.3, -0.25) is 9.69 Å². The molecule has 31 heavy (non-hydrogen) atoms. The third-order valence-corrected chi connectivity index (χ3v) is 5.04. The molecule has 2 aliphatic heterocycles. The molecule has 0 aromatic heterocycles. The number of fused-ring (bicyclic) bond motifs is 1. The minimum atomic E-state index is -4.64. The molecular formula is C21H27N2O7P. The van der Waals surface area contributed by atoms with Crippen molar-refractivity contribution in [2.75, 3.05) is 26.3 Å². The molecule has 2 aliphatic rings. The van der Waals surface area contributed by atoms with Crippen molar-refractivity contribution >= 4 is 13.7 Å². The number of hydrogen-bond acceptors (Lipinski definition) is 5. The van der Waals surface area contributed by atoms with Crippen LogP contribution in [0, 0.1) is 0 Å². The number of nitrogens with one attached hydrogen (secondary N) is 1. The molecule has 0 bridgehead atoms. The number of ether oxygens (including phenoxy) is 2. The van der Waals surface area contributed by atoms with Gasteiger partial charge < -0.3 is 29.5 Å². The molecule has 1 amide bonds. The second kappa shape index (κ2) is 10.7. The normalized spacial score (nSPS) is 18.1. The van der Waals surface area contributed by atoms with Gasteiger partial charge in [-0.25, -0.2) is 4.57 Å². The number of amides is 1. The lowest BCUT2D eigenvalue weighted by Gasteiger charge is -2.25. The van der Waals surface area contributed by atoms with Crippen LogP contribution >= 0.6 is 7.82 Å². The van der Waals surface area contributed by atoms with E-state index in [0.717, 1.165) is 19.5 Å². The summed E-state index contributed by atoms with van der Waals surface area (Å²) in [5, 5.41) is 3.09. The SMILES string of the molecule is O=C(NCC1CCCN1Cc1ccccc1)c1cccc2c1OCCO2.O=P(O)(O)O. The molecule has 1 unspecified atom stereocenters. The third-order valence-electron chi connectivity index (χ3n) is 5.04. The second-order valence-electron chi connectivity index (χ2n) is 7.31. The highest BCUT2D eigenvalue weighted by molar-refractivity contribution is 7.45. The van der Waals surface area contributed by atoms with Crippen molar-refractivity contribution in [3.8, 4) is 11.5 Å². The zero-order valence-corrected chi connectivity index (χ0v) is 17.9. The van der Waals surface area contributed by atoms with Crippen molar-refractivity contribution in [1.82, 2.24) is 10.2 Å². The lowest BCUT2D eigenvalue weighted by molar-refractivity contribution is 0.0928. The van der Waals surface area contributed by atoms with Crippen LogP contribution in [0.4, 0.5) is 0 Å². The summed E-state index contributed by atoms with van der Waals surface area (Å²) in [6.45, 7) is 3.65. The van der Waals surface area contributed by atoms with Crippen LogP contribution in [0.1, 0.15) is 28.8 Å². The summed E-state index contributed by atoms with van der Waals surface area (Å²) in [6, 6.07) is 16.3. The average Bonchev–Trinajstić information content (AvgIpc) is 3.18. The molecule has 168 valence electrons. The van der Waals surface area contributed by atoms with Gasteiger partial charge in [0.1, 0.15) is 13.2 Å². The van der Waals surface area contributed by atoms with E-state index in [4.69, 9.17) is 28.7 Å². The lowest BCUT2D eigenvalue weighted by Crippen LogP contribution is -2.40. The Labute approximate surface area is 180 Å². The van der Waals surface area contributed by atoms with E-state index in [1.165, 1.54) is 12.0 Å². The van der Waals surface area contributed by atoms with Crippen LogP contribution in [0.5, 0.6) is 11.5 Å². The van der Waals surface area contributed by atoms with Crippen LogP contribution in [0.3, 0.4) is 0 Å². The van der Waals surface area contributed by atoms with Gasteiger partial charge in [-0.15, -0.1) is 0 Å². The van der Waals surface area contributed by atoms with Crippen molar-refractivity contribution in [3.05, 3.63) is 59.7 Å². The maximum atomic E-state index is 12.7. The molecule has 2 aromatic rings. The van der Waals surface area contributed by atoms with Crippen molar-refractivity contribution in [2.45, 2.75) is 25.4 Å². The number of hydrogen-bond donors (Lipinski definition) is 4. The van der Waals surface area contributed by atoms with Gasteiger partial charge in [-0.2, -0.15) is 0 Å². The van der Waals surface area contributed by atoms with Crippen LogP contribution in [0.25, 0.3) is 0 Å². The Balaban J connectivity index is 0.000000491. The topological polar surface area (TPSA) is 129 Å². The molecule has 4 rings (SSSR count). The molecule has 0 radical (unpaired) electrons. The molecule has 0 spiro atoms. The zero-order valence-electron chi connectivity index (χ0n) is 17.0. The number of nitrogens with zero attached hydrogens (tertiary/aromatic N) is 1. The van der Waals surface area contributed by atoms with Gasteiger partial charge in [0, 0.05) is 19.1 Å². The van der Waals surface area contributed by atoms with E-state index >= 15 is 0 Å². The van der Waals surface area contributed by atoms with E-state index in [-0.39, 0.29) is 5.91 Å². The first-order valence-corrected chi connectivity index (χ1v) is 11.6. The van der Waals surface area contributed by atoms with E-state index in [2.05, 4.69) is 34.5 Å².